The molecule has 0 bridgehead atoms. The smallest absolute Gasteiger partial charge is 0.0898 e. The number of hydrogen-bond donors (Lipinski definition) is 1. The van der Waals surface area contributed by atoms with Crippen LogP contribution in [0.25, 0.3) is 0 Å². The van der Waals surface area contributed by atoms with Crippen LogP contribution in [0.4, 0.5) is 0 Å². The molecule has 3 heteroatoms. The summed E-state index contributed by atoms with van der Waals surface area (Å²) in [6.45, 7) is 7.37. The zero-order valence-electron chi connectivity index (χ0n) is 11.2. The summed E-state index contributed by atoms with van der Waals surface area (Å²) >= 11 is 1.71. The summed E-state index contributed by atoms with van der Waals surface area (Å²) in [5.74, 6) is 0. The van der Waals surface area contributed by atoms with E-state index in [9.17, 15) is 0 Å². The number of aromatic nitrogens is 1. The van der Waals surface area contributed by atoms with E-state index in [0.717, 1.165) is 23.7 Å². The molecule has 1 heterocycles. The van der Waals surface area contributed by atoms with E-state index in [0.29, 0.717) is 0 Å². The fourth-order valence-corrected chi connectivity index (χ4v) is 2.59. The third-order valence-electron chi connectivity index (χ3n) is 2.94. The topological polar surface area (TPSA) is 24.9 Å². The Morgan fingerprint density at radius 1 is 1.22 bits per heavy atom. The van der Waals surface area contributed by atoms with E-state index in [2.05, 4.69) is 60.7 Å². The van der Waals surface area contributed by atoms with E-state index in [4.69, 9.17) is 0 Å². The predicted molar refractivity (Wildman–Crippen MR) is 78.2 cm³/mol. The van der Waals surface area contributed by atoms with Gasteiger partial charge < -0.3 is 5.32 Å². The minimum atomic E-state index is 0.218. The lowest BCUT2D eigenvalue weighted by Crippen LogP contribution is -2.23. The molecule has 0 amide bonds. The maximum absolute atomic E-state index is 4.62. The largest absolute Gasteiger partial charge is 0.305 e. The number of nitrogens with one attached hydrogen (secondary N) is 1. The van der Waals surface area contributed by atoms with Crippen molar-refractivity contribution < 1.29 is 0 Å². The SMILES string of the molecule is CCCNC(c1ccc(C)cc1)c1csc(C)n1. The molecule has 18 heavy (non-hydrogen) atoms. The average molecular weight is 260 g/mol. The number of nitrogens with zero attached hydrogens (tertiary/aromatic N) is 1. The Balaban J connectivity index is 2.27. The van der Waals surface area contributed by atoms with Crippen LogP contribution < -0.4 is 5.32 Å². The van der Waals surface area contributed by atoms with Gasteiger partial charge in [0, 0.05) is 5.38 Å². The standard InChI is InChI=1S/C15H20N2S/c1-4-9-16-15(14-10-18-12(3)17-14)13-7-5-11(2)6-8-13/h5-8,10,15-16H,4,9H2,1-3H3. The molecule has 96 valence electrons. The van der Waals surface area contributed by atoms with E-state index in [1.807, 2.05) is 0 Å². The van der Waals surface area contributed by atoms with Gasteiger partial charge in [-0.05, 0) is 32.4 Å². The van der Waals surface area contributed by atoms with Crippen molar-refractivity contribution >= 4 is 11.3 Å². The number of aryl methyl sites for hydroxylation is 2. The predicted octanol–water partition coefficient (Wildman–Crippen LogP) is 3.85. The van der Waals surface area contributed by atoms with Crippen LogP contribution in [0, 0.1) is 13.8 Å². The molecule has 0 spiro atoms. The molecule has 0 saturated carbocycles. The first-order valence-corrected chi connectivity index (χ1v) is 7.30. The molecule has 0 aliphatic rings. The highest BCUT2D eigenvalue weighted by Gasteiger charge is 2.15. The first-order chi connectivity index (χ1) is 8.70. The van der Waals surface area contributed by atoms with Crippen LogP contribution in [0.2, 0.25) is 0 Å². The molecule has 1 aromatic carbocycles. The van der Waals surface area contributed by atoms with Crippen molar-refractivity contribution in [2.45, 2.75) is 33.2 Å². The molecule has 1 unspecified atom stereocenters. The average Bonchev–Trinajstić information content (AvgIpc) is 2.78. The quantitative estimate of drug-likeness (QED) is 0.883. The second-order valence-corrected chi connectivity index (χ2v) is 5.65. The molecule has 0 saturated heterocycles. The number of benzene rings is 1. The molecule has 2 rings (SSSR count). The minimum absolute atomic E-state index is 0.218. The molecule has 2 aromatic rings. The second-order valence-electron chi connectivity index (χ2n) is 4.59. The van der Waals surface area contributed by atoms with Crippen molar-refractivity contribution in [3.8, 4) is 0 Å². The van der Waals surface area contributed by atoms with E-state index < -0.39 is 0 Å². The minimum Gasteiger partial charge on any atom is -0.305 e. The van der Waals surface area contributed by atoms with Gasteiger partial charge in [-0.1, -0.05) is 36.8 Å². The zero-order valence-corrected chi connectivity index (χ0v) is 12.1. The maximum Gasteiger partial charge on any atom is 0.0898 e. The molecule has 1 aromatic heterocycles. The van der Waals surface area contributed by atoms with Crippen LogP contribution in [0.3, 0.4) is 0 Å². The van der Waals surface area contributed by atoms with E-state index in [-0.39, 0.29) is 6.04 Å². The van der Waals surface area contributed by atoms with Gasteiger partial charge in [-0.2, -0.15) is 0 Å². The van der Waals surface area contributed by atoms with Gasteiger partial charge in [-0.15, -0.1) is 11.3 Å². The summed E-state index contributed by atoms with van der Waals surface area (Å²) in [4.78, 5) is 4.62. The zero-order chi connectivity index (χ0) is 13.0. The Morgan fingerprint density at radius 2 is 1.94 bits per heavy atom. The van der Waals surface area contributed by atoms with Crippen molar-refractivity contribution in [1.82, 2.24) is 10.3 Å². The lowest BCUT2D eigenvalue weighted by atomic mass is 10.0. The Labute approximate surface area is 113 Å². The summed E-state index contributed by atoms with van der Waals surface area (Å²) < 4.78 is 0. The second kappa shape index (κ2) is 6.12. The van der Waals surface area contributed by atoms with E-state index >= 15 is 0 Å². The molecular formula is C15H20N2S. The first-order valence-electron chi connectivity index (χ1n) is 6.42. The molecule has 0 aliphatic heterocycles. The van der Waals surface area contributed by atoms with Crippen LogP contribution in [0.5, 0.6) is 0 Å². The van der Waals surface area contributed by atoms with Crippen molar-refractivity contribution in [2.75, 3.05) is 6.54 Å². The maximum atomic E-state index is 4.62. The highest BCUT2D eigenvalue weighted by molar-refractivity contribution is 7.09. The van der Waals surface area contributed by atoms with Crippen molar-refractivity contribution in [1.29, 1.82) is 0 Å². The van der Waals surface area contributed by atoms with Crippen molar-refractivity contribution in [2.24, 2.45) is 0 Å². The van der Waals surface area contributed by atoms with Gasteiger partial charge in [0.15, 0.2) is 0 Å². The Kier molecular flexibility index (Phi) is 4.50. The normalized spacial score (nSPS) is 12.6. The Bertz CT molecular complexity index is 487. The van der Waals surface area contributed by atoms with Crippen LogP contribution in [0.15, 0.2) is 29.6 Å². The van der Waals surface area contributed by atoms with Crippen molar-refractivity contribution in [3.63, 3.8) is 0 Å². The highest BCUT2D eigenvalue weighted by atomic mass is 32.1. The highest BCUT2D eigenvalue weighted by Crippen LogP contribution is 2.23. The van der Waals surface area contributed by atoms with Gasteiger partial charge in [-0.3, -0.25) is 0 Å². The third-order valence-corrected chi connectivity index (χ3v) is 3.73. The van der Waals surface area contributed by atoms with E-state index in [1.54, 1.807) is 11.3 Å². The summed E-state index contributed by atoms with van der Waals surface area (Å²) in [5.41, 5.74) is 3.72. The Morgan fingerprint density at radius 3 is 2.50 bits per heavy atom. The van der Waals surface area contributed by atoms with Gasteiger partial charge in [0.1, 0.15) is 0 Å². The van der Waals surface area contributed by atoms with Crippen LogP contribution in [-0.2, 0) is 0 Å². The lowest BCUT2D eigenvalue weighted by Gasteiger charge is -2.17. The molecule has 1 atom stereocenters. The summed E-state index contributed by atoms with van der Waals surface area (Å²) in [7, 11) is 0. The molecule has 0 aliphatic carbocycles. The van der Waals surface area contributed by atoms with Crippen LogP contribution >= 0.6 is 11.3 Å². The monoisotopic (exact) mass is 260 g/mol. The van der Waals surface area contributed by atoms with Crippen LogP contribution in [-0.4, -0.2) is 11.5 Å². The van der Waals surface area contributed by atoms with Gasteiger partial charge in [0.05, 0.1) is 16.7 Å². The fraction of sp³-hybridized carbons (Fsp3) is 0.400. The molecule has 1 N–H and O–H groups in total. The van der Waals surface area contributed by atoms with Gasteiger partial charge >= 0.3 is 0 Å². The summed E-state index contributed by atoms with van der Waals surface area (Å²) in [5, 5.41) is 6.86. The molecule has 2 nitrogen and oxygen atoms in total. The third kappa shape index (κ3) is 3.18. The summed E-state index contributed by atoms with van der Waals surface area (Å²) in [6.07, 6.45) is 1.13. The van der Waals surface area contributed by atoms with Crippen LogP contribution in [0.1, 0.15) is 41.2 Å². The van der Waals surface area contributed by atoms with Crippen molar-refractivity contribution in [3.05, 3.63) is 51.5 Å². The molecule has 0 radical (unpaired) electrons. The Hall–Kier alpha value is -1.19. The number of thiazole rings is 1. The van der Waals surface area contributed by atoms with Gasteiger partial charge in [-0.25, -0.2) is 4.98 Å². The summed E-state index contributed by atoms with van der Waals surface area (Å²) in [6, 6.07) is 8.93. The molecule has 0 fully saturated rings. The number of rotatable bonds is 5. The van der Waals surface area contributed by atoms with Gasteiger partial charge in [0.25, 0.3) is 0 Å². The van der Waals surface area contributed by atoms with E-state index in [1.165, 1.54) is 11.1 Å². The lowest BCUT2D eigenvalue weighted by molar-refractivity contribution is 0.588. The first kappa shape index (κ1) is 13.2. The van der Waals surface area contributed by atoms with Gasteiger partial charge in [0.2, 0.25) is 0 Å². The number of hydrogen-bond acceptors (Lipinski definition) is 3. The fourth-order valence-electron chi connectivity index (χ4n) is 1.95. The molecular weight excluding hydrogens is 240 g/mol.